The van der Waals surface area contributed by atoms with Crippen molar-refractivity contribution >= 4 is 11.4 Å². The van der Waals surface area contributed by atoms with Crippen LogP contribution < -0.4 is 10.6 Å². The molecule has 0 fully saturated rings. The first-order valence-electron chi connectivity index (χ1n) is 6.68. The molecule has 0 spiro atoms. The van der Waals surface area contributed by atoms with Gasteiger partial charge >= 0.3 is 0 Å². The van der Waals surface area contributed by atoms with Gasteiger partial charge in [0.2, 0.25) is 0 Å². The van der Waals surface area contributed by atoms with E-state index in [1.54, 1.807) is 12.1 Å². The van der Waals surface area contributed by atoms with E-state index in [9.17, 15) is 8.78 Å². The quantitative estimate of drug-likeness (QED) is 0.905. The van der Waals surface area contributed by atoms with Crippen LogP contribution in [0.4, 0.5) is 20.2 Å². The summed E-state index contributed by atoms with van der Waals surface area (Å²) in [6.07, 6.45) is 0.780. The molecule has 0 saturated heterocycles. The summed E-state index contributed by atoms with van der Waals surface area (Å²) >= 11 is 0. The monoisotopic (exact) mass is 274 g/mol. The van der Waals surface area contributed by atoms with Gasteiger partial charge in [-0.2, -0.15) is 0 Å². The largest absolute Gasteiger partial charge is 0.338 e. The Labute approximate surface area is 116 Å². The molecule has 2 N–H and O–H groups in total. The van der Waals surface area contributed by atoms with Crippen molar-refractivity contribution in [1.29, 1.82) is 0 Å². The molecule has 4 heteroatoms. The van der Waals surface area contributed by atoms with Gasteiger partial charge in [-0.1, -0.05) is 18.2 Å². The average Bonchev–Trinajstić information content (AvgIpc) is 2.81. The molecule has 20 heavy (non-hydrogen) atoms. The van der Waals surface area contributed by atoms with Gasteiger partial charge in [-0.15, -0.1) is 0 Å². The Morgan fingerprint density at radius 1 is 1.20 bits per heavy atom. The third-order valence-electron chi connectivity index (χ3n) is 3.72. The minimum absolute atomic E-state index is 0.279. The molecular weight excluding hydrogens is 258 g/mol. The highest BCUT2D eigenvalue weighted by Gasteiger charge is 2.26. The van der Waals surface area contributed by atoms with Gasteiger partial charge in [0.1, 0.15) is 11.6 Å². The van der Waals surface area contributed by atoms with E-state index in [-0.39, 0.29) is 17.7 Å². The number of rotatable bonds is 2. The first kappa shape index (κ1) is 13.1. The second kappa shape index (κ2) is 4.87. The van der Waals surface area contributed by atoms with Crippen LogP contribution >= 0.6 is 0 Å². The standard InChI is InChI=1S/C16H16F2N2/c1-10(19)13-3-2-4-14(18)16(13)20-8-7-11-5-6-12(17)9-15(11)20/h2-6,9-10H,7-8,19H2,1H3/t10-/m1/s1. The van der Waals surface area contributed by atoms with Gasteiger partial charge in [0, 0.05) is 18.3 Å². The number of halogens is 2. The van der Waals surface area contributed by atoms with E-state index in [4.69, 9.17) is 5.73 Å². The molecule has 0 radical (unpaired) electrons. The highest BCUT2D eigenvalue weighted by molar-refractivity contribution is 5.73. The summed E-state index contributed by atoms with van der Waals surface area (Å²) in [6.45, 7) is 2.46. The zero-order valence-electron chi connectivity index (χ0n) is 11.2. The molecule has 1 aliphatic rings. The number of nitrogens with zero attached hydrogens (tertiary/aromatic N) is 1. The number of nitrogens with two attached hydrogens (primary N) is 1. The number of anilines is 2. The van der Waals surface area contributed by atoms with Crippen LogP contribution in [0.1, 0.15) is 24.1 Å². The number of hydrogen-bond donors (Lipinski definition) is 1. The van der Waals surface area contributed by atoms with Crippen LogP contribution in [0.15, 0.2) is 36.4 Å². The smallest absolute Gasteiger partial charge is 0.147 e. The first-order valence-corrected chi connectivity index (χ1v) is 6.68. The number of para-hydroxylation sites is 1. The molecule has 0 aliphatic carbocycles. The zero-order valence-corrected chi connectivity index (χ0v) is 11.2. The van der Waals surface area contributed by atoms with Gasteiger partial charge in [0.25, 0.3) is 0 Å². The summed E-state index contributed by atoms with van der Waals surface area (Å²) in [7, 11) is 0. The molecule has 0 bridgehead atoms. The Morgan fingerprint density at radius 2 is 2.00 bits per heavy atom. The number of fused-ring (bicyclic) bond motifs is 1. The van der Waals surface area contributed by atoms with Crippen LogP contribution in [-0.4, -0.2) is 6.54 Å². The van der Waals surface area contributed by atoms with Crippen molar-refractivity contribution in [3.05, 3.63) is 59.2 Å². The van der Waals surface area contributed by atoms with Gasteiger partial charge in [-0.3, -0.25) is 0 Å². The topological polar surface area (TPSA) is 29.3 Å². The van der Waals surface area contributed by atoms with Crippen LogP contribution in [-0.2, 0) is 6.42 Å². The summed E-state index contributed by atoms with van der Waals surface area (Å²) in [5, 5.41) is 0. The molecule has 1 atom stereocenters. The van der Waals surface area contributed by atoms with Crippen LogP contribution in [0.25, 0.3) is 0 Å². The Balaban J connectivity index is 2.15. The Bertz CT molecular complexity index is 653. The van der Waals surface area contributed by atoms with Crippen LogP contribution in [0, 0.1) is 11.6 Å². The SMILES string of the molecule is C[C@@H](N)c1cccc(F)c1N1CCc2ccc(F)cc21. The molecule has 0 aromatic heterocycles. The van der Waals surface area contributed by atoms with E-state index >= 15 is 0 Å². The third kappa shape index (κ3) is 2.06. The van der Waals surface area contributed by atoms with E-state index in [1.165, 1.54) is 18.2 Å². The van der Waals surface area contributed by atoms with Crippen molar-refractivity contribution in [2.45, 2.75) is 19.4 Å². The zero-order chi connectivity index (χ0) is 14.3. The minimum Gasteiger partial charge on any atom is -0.338 e. The van der Waals surface area contributed by atoms with Gasteiger partial charge in [0.05, 0.1) is 5.69 Å². The highest BCUT2D eigenvalue weighted by Crippen LogP contribution is 2.39. The second-order valence-electron chi connectivity index (χ2n) is 5.14. The summed E-state index contributed by atoms with van der Waals surface area (Å²) in [5.74, 6) is -0.633. The summed E-state index contributed by atoms with van der Waals surface area (Å²) in [5.41, 5.74) is 8.90. The lowest BCUT2D eigenvalue weighted by Gasteiger charge is -2.24. The van der Waals surface area contributed by atoms with Crippen molar-refractivity contribution in [1.82, 2.24) is 0 Å². The lowest BCUT2D eigenvalue weighted by atomic mass is 10.1. The Morgan fingerprint density at radius 3 is 2.75 bits per heavy atom. The van der Waals surface area contributed by atoms with E-state index in [1.807, 2.05) is 17.9 Å². The third-order valence-corrected chi connectivity index (χ3v) is 3.72. The number of benzene rings is 2. The average molecular weight is 274 g/mol. The van der Waals surface area contributed by atoms with Gasteiger partial charge in [0.15, 0.2) is 0 Å². The predicted octanol–water partition coefficient (Wildman–Crippen LogP) is 3.68. The van der Waals surface area contributed by atoms with Crippen molar-refractivity contribution in [2.24, 2.45) is 5.73 Å². The lowest BCUT2D eigenvalue weighted by molar-refractivity contribution is 0.618. The Kier molecular flexibility index (Phi) is 3.18. The number of hydrogen-bond acceptors (Lipinski definition) is 2. The minimum atomic E-state index is -0.322. The van der Waals surface area contributed by atoms with E-state index < -0.39 is 0 Å². The van der Waals surface area contributed by atoms with Crippen molar-refractivity contribution in [3.63, 3.8) is 0 Å². The maximum absolute atomic E-state index is 14.3. The molecule has 2 nitrogen and oxygen atoms in total. The maximum atomic E-state index is 14.3. The molecule has 0 amide bonds. The molecule has 3 rings (SSSR count). The van der Waals surface area contributed by atoms with Crippen LogP contribution in [0.3, 0.4) is 0 Å². The van der Waals surface area contributed by atoms with Crippen molar-refractivity contribution < 1.29 is 8.78 Å². The summed E-state index contributed by atoms with van der Waals surface area (Å²) in [4.78, 5) is 1.83. The molecule has 2 aromatic carbocycles. The van der Waals surface area contributed by atoms with E-state index in [0.717, 1.165) is 23.2 Å². The second-order valence-corrected chi connectivity index (χ2v) is 5.14. The predicted molar refractivity (Wildman–Crippen MR) is 76.1 cm³/mol. The summed E-state index contributed by atoms with van der Waals surface area (Å²) < 4.78 is 27.7. The summed E-state index contributed by atoms with van der Waals surface area (Å²) in [6, 6.07) is 9.27. The van der Waals surface area contributed by atoms with Gasteiger partial charge in [-0.25, -0.2) is 8.78 Å². The first-order chi connectivity index (χ1) is 9.58. The maximum Gasteiger partial charge on any atom is 0.147 e. The molecule has 2 aromatic rings. The normalized spacial score (nSPS) is 15.3. The molecule has 1 heterocycles. The van der Waals surface area contributed by atoms with Gasteiger partial charge in [-0.05, 0) is 42.7 Å². The molecule has 104 valence electrons. The van der Waals surface area contributed by atoms with E-state index in [2.05, 4.69) is 0 Å². The fourth-order valence-corrected chi connectivity index (χ4v) is 2.77. The lowest BCUT2D eigenvalue weighted by Crippen LogP contribution is -2.19. The fraction of sp³-hybridized carbons (Fsp3) is 0.250. The Hall–Kier alpha value is -1.94. The molecule has 0 saturated carbocycles. The molecule has 1 aliphatic heterocycles. The fourth-order valence-electron chi connectivity index (χ4n) is 2.77. The van der Waals surface area contributed by atoms with Crippen LogP contribution in [0.5, 0.6) is 0 Å². The molecule has 0 unspecified atom stereocenters. The molecular formula is C16H16F2N2. The van der Waals surface area contributed by atoms with Crippen LogP contribution in [0.2, 0.25) is 0 Å². The highest BCUT2D eigenvalue weighted by atomic mass is 19.1. The van der Waals surface area contributed by atoms with Crippen molar-refractivity contribution in [2.75, 3.05) is 11.4 Å². The van der Waals surface area contributed by atoms with Crippen molar-refractivity contribution in [3.8, 4) is 0 Å². The van der Waals surface area contributed by atoms with Gasteiger partial charge < -0.3 is 10.6 Å². The van der Waals surface area contributed by atoms with E-state index in [0.29, 0.717) is 12.2 Å².